The van der Waals surface area contributed by atoms with Crippen LogP contribution in [0.5, 0.6) is 11.5 Å². The molecule has 11 heteroatoms. The van der Waals surface area contributed by atoms with Gasteiger partial charge in [-0.05, 0) is 581 Å². The van der Waals surface area contributed by atoms with E-state index in [1.165, 1.54) is 197 Å². The van der Waals surface area contributed by atoms with Gasteiger partial charge in [-0.2, -0.15) is 0 Å². The minimum absolute atomic E-state index is 0.0409. The van der Waals surface area contributed by atoms with Gasteiger partial charge in [-0.15, -0.1) is 11.3 Å². The van der Waals surface area contributed by atoms with Crippen LogP contribution < -0.4 is 14.5 Å². The van der Waals surface area contributed by atoms with Crippen molar-refractivity contribution in [3.05, 3.63) is 497 Å². The maximum atomic E-state index is 13.0. The number of thiophene rings is 1. The molecule has 10 nitrogen and oxygen atoms in total. The zero-order valence-corrected chi connectivity index (χ0v) is 95.7. The van der Waals surface area contributed by atoms with Crippen molar-refractivity contribution in [2.45, 2.75) is 262 Å². The molecule has 0 fully saturated rings. The lowest BCUT2D eigenvalue weighted by atomic mass is 9.81. The quantitative estimate of drug-likeness (QED) is 0.137. The fraction of sp³-hybridized carbons (Fsp3) is 0.275. The number of aryl methyl sites for hydroxylation is 30. The van der Waals surface area contributed by atoms with E-state index in [0.29, 0.717) is 67.4 Å². The van der Waals surface area contributed by atoms with Gasteiger partial charge >= 0.3 is 0 Å². The number of nitrogens with zero attached hydrogens (tertiary/aromatic N) is 2. The van der Waals surface area contributed by atoms with Crippen molar-refractivity contribution in [3.63, 3.8) is 0 Å². The average molecular weight is 2000 g/mol. The molecule has 3 aliphatic rings. The van der Waals surface area contributed by atoms with Crippen LogP contribution in [-0.4, -0.2) is 35.2 Å². The Morgan fingerprint density at radius 3 is 0.698 bits per heavy atom. The van der Waals surface area contributed by atoms with Crippen molar-refractivity contribution in [3.8, 4) is 11.5 Å². The number of ether oxygens (including phenoxy) is 1. The van der Waals surface area contributed by atoms with E-state index in [1.807, 2.05) is 105 Å². The third-order valence-corrected chi connectivity index (χ3v) is 32.3. The van der Waals surface area contributed by atoms with Gasteiger partial charge < -0.3 is 9.15 Å². The van der Waals surface area contributed by atoms with E-state index in [-0.39, 0.29) is 35.2 Å². The van der Waals surface area contributed by atoms with Gasteiger partial charge in [0.1, 0.15) is 23.0 Å². The smallest absolute Gasteiger partial charge is 0.266 e. The van der Waals surface area contributed by atoms with E-state index in [4.69, 9.17) is 9.15 Å². The second kappa shape index (κ2) is 48.0. The number of anilines is 2. The van der Waals surface area contributed by atoms with Gasteiger partial charge in [0, 0.05) is 32.0 Å². The maximum Gasteiger partial charge on any atom is 0.266 e. The molecule has 0 N–H and O–H groups in total. The molecule has 4 heterocycles. The molecule has 17 aromatic rings. The number of ketones is 2. The molecule has 2 aromatic heterocycles. The van der Waals surface area contributed by atoms with E-state index >= 15 is 0 Å². The van der Waals surface area contributed by atoms with Crippen molar-refractivity contribution in [1.29, 1.82) is 0 Å². The first-order valence-electron chi connectivity index (χ1n) is 51.7. The highest BCUT2D eigenvalue weighted by molar-refractivity contribution is 7.12. The Hall–Kier alpha value is -14.8. The molecule has 20 rings (SSSR count). The van der Waals surface area contributed by atoms with Crippen LogP contribution in [0.15, 0.2) is 235 Å². The average Bonchev–Trinajstić information content (AvgIpc) is 1.62. The molecule has 766 valence electrons. The second-order valence-electron chi connectivity index (χ2n) is 41.8. The molecule has 0 unspecified atom stereocenters. The number of amides is 4. The summed E-state index contributed by atoms with van der Waals surface area (Å²) in [4.78, 5) is 82.4. The van der Waals surface area contributed by atoms with E-state index < -0.39 is 0 Å². The number of carbonyl (C=O) groups is 6. The monoisotopic (exact) mass is 2000 g/mol. The maximum absolute atomic E-state index is 13.0. The number of furan rings is 1. The number of carbonyl (C=O) groups excluding carboxylic acids is 6. The van der Waals surface area contributed by atoms with Crippen molar-refractivity contribution in [2.24, 2.45) is 0 Å². The van der Waals surface area contributed by atoms with Crippen LogP contribution in [0.4, 0.5) is 11.4 Å². The highest BCUT2D eigenvalue weighted by Crippen LogP contribution is 2.39. The first kappa shape index (κ1) is 113. The normalized spacial score (nSPS) is 11.9. The lowest BCUT2D eigenvalue weighted by molar-refractivity contribution is 0.0910. The van der Waals surface area contributed by atoms with Crippen molar-refractivity contribution < 1.29 is 37.9 Å². The minimum atomic E-state index is -0.346. The molecule has 0 spiro atoms. The summed E-state index contributed by atoms with van der Waals surface area (Å²) in [7, 11) is 0. The SMILES string of the molecule is Cc1cc(C)c(C)cc1C.Cc1cc2c(cc1C)C(=O)N(c1ccc(Oc3ccc(N4C(=O)c5cc(C)c(C)cc5C4=O)cc3)cc1)C2=O.Cc1cc2c(cc1C)C(=O)c1cc(C)c(C)cc1C2=O.Cc1cc2cc(C)c(C)cc2cc1C.Cc1ccc(C)c2c(C)ccc(C)c12.Cc1ccc(Cc2ccc(C)c(C)c2)cc1C.Cc1cccc(Cc2cccc(C)c2C)c1C.Cc1oc(C)c(C)c1C.Cc1sc(C)c(C)c1C. The molecule has 0 atom stereocenters. The van der Waals surface area contributed by atoms with Gasteiger partial charge in [0.2, 0.25) is 0 Å². The van der Waals surface area contributed by atoms with Crippen LogP contribution in [0, 0.1) is 249 Å². The van der Waals surface area contributed by atoms with E-state index in [9.17, 15) is 28.8 Å². The number of hydrogen-bond acceptors (Lipinski definition) is 9. The third kappa shape index (κ3) is 26.0. The number of fused-ring (bicyclic) bond motifs is 6. The highest BCUT2D eigenvalue weighted by Gasteiger charge is 2.39. The second-order valence-corrected chi connectivity index (χ2v) is 43.2. The van der Waals surface area contributed by atoms with Crippen molar-refractivity contribution in [2.75, 3.05) is 9.80 Å². The Balaban J connectivity index is 0.000000156. The van der Waals surface area contributed by atoms with Gasteiger partial charge in [-0.3, -0.25) is 28.8 Å². The summed E-state index contributed by atoms with van der Waals surface area (Å²) in [6.07, 6.45) is 2.07. The first-order chi connectivity index (χ1) is 70.2. The molecule has 1 aliphatic carbocycles. The van der Waals surface area contributed by atoms with E-state index in [0.717, 1.165) is 68.9 Å². The Morgan fingerprint density at radius 1 is 0.215 bits per heavy atom. The number of rotatable bonds is 8. The topological polar surface area (TPSA) is 131 Å². The lowest BCUT2D eigenvalue weighted by Gasteiger charge is -2.20. The van der Waals surface area contributed by atoms with Crippen LogP contribution in [-0.2, 0) is 12.8 Å². The van der Waals surface area contributed by atoms with Crippen molar-refractivity contribution in [1.82, 2.24) is 0 Å². The fourth-order valence-corrected chi connectivity index (χ4v) is 19.9. The molecular weight excluding hydrogens is 1850 g/mol. The third-order valence-electron chi connectivity index (χ3n) is 31.1. The van der Waals surface area contributed by atoms with Crippen LogP contribution in [0.3, 0.4) is 0 Å². The predicted octanol–water partition coefficient (Wildman–Crippen LogP) is 35.6. The number of benzene rings is 15. The molecular formula is C138H150N2O8S. The summed E-state index contributed by atoms with van der Waals surface area (Å²) >= 11 is 1.90. The van der Waals surface area contributed by atoms with Crippen molar-refractivity contribution >= 4 is 79.5 Å². The van der Waals surface area contributed by atoms with Gasteiger partial charge in [0.25, 0.3) is 23.6 Å². The molecule has 4 amide bonds. The summed E-state index contributed by atoms with van der Waals surface area (Å²) < 4.78 is 11.3. The van der Waals surface area contributed by atoms with Gasteiger partial charge in [-0.1, -0.05) is 133 Å². The summed E-state index contributed by atoms with van der Waals surface area (Å²) in [5, 5.41) is 5.59. The zero-order chi connectivity index (χ0) is 109. The summed E-state index contributed by atoms with van der Waals surface area (Å²) in [6, 6.07) is 76.8. The first-order valence-corrected chi connectivity index (χ1v) is 52.5. The van der Waals surface area contributed by atoms with Crippen LogP contribution in [0.1, 0.15) is 295 Å². The summed E-state index contributed by atoms with van der Waals surface area (Å²) in [5.74, 6) is 1.63. The van der Waals surface area contributed by atoms with E-state index in [1.54, 1.807) is 72.8 Å². The van der Waals surface area contributed by atoms with Gasteiger partial charge in [-0.25, -0.2) is 9.80 Å². The van der Waals surface area contributed by atoms with Crippen LogP contribution in [0.25, 0.3) is 21.5 Å². The van der Waals surface area contributed by atoms with Crippen LogP contribution in [0.2, 0.25) is 0 Å². The van der Waals surface area contributed by atoms with Crippen LogP contribution >= 0.6 is 11.3 Å². The highest BCUT2D eigenvalue weighted by atomic mass is 32.1. The largest absolute Gasteiger partial charge is 0.466 e. The molecule has 0 radical (unpaired) electrons. The molecule has 0 saturated heterocycles. The summed E-state index contributed by atoms with van der Waals surface area (Å²) in [5.41, 5.74) is 51.6. The number of hydrogen-bond donors (Lipinski definition) is 0. The Kier molecular flexibility index (Phi) is 36.4. The minimum Gasteiger partial charge on any atom is -0.466 e. The van der Waals surface area contributed by atoms with Gasteiger partial charge in [0.15, 0.2) is 11.6 Å². The number of imide groups is 2. The zero-order valence-electron chi connectivity index (χ0n) is 94.9. The lowest BCUT2D eigenvalue weighted by Crippen LogP contribution is -2.29. The molecule has 15 aromatic carbocycles. The van der Waals surface area contributed by atoms with Gasteiger partial charge in [0.05, 0.1) is 33.6 Å². The summed E-state index contributed by atoms with van der Waals surface area (Å²) in [6.45, 7) is 75.9. The molecule has 0 bridgehead atoms. The Labute approximate surface area is 891 Å². The molecule has 2 aliphatic heterocycles. The fourth-order valence-electron chi connectivity index (χ4n) is 18.9. The predicted molar refractivity (Wildman–Crippen MR) is 627 cm³/mol. The van der Waals surface area contributed by atoms with E-state index in [2.05, 4.69) is 313 Å². The molecule has 149 heavy (non-hydrogen) atoms. The Bertz CT molecular complexity index is 7310. The Morgan fingerprint density at radius 2 is 0.456 bits per heavy atom. The standard InChI is InChI=1S/C32H24N2O5.C18H16O2.2C17H20.2C14H16.C10H14.C8H12O.C8H12S/c1-17-13-25-26(14-18(17)2)30(36)33(29(25)35)21-5-9-23(10-6-21)39-24-11-7-22(8-12-24)34-31(37)27-15-19(3)20(4)16-28(27)32(34)38;1-9-5-13-14(6-10(9)2)18(20)16-8-12(4)11(3)7-15(16)17(13)19;1-12-5-7-16(9-14(12)3)11-17-8-6-13(2)15(4)10-17;1-12-7-5-9-16(14(12)3)11-17-10-6-8-13(2)15(17)4;1-9-5-13-7-11(3)12(4)8-14(13)6-10(9)2;1-9-5-6-11(3)14-12(4)8-7-10(2)13(9)14;1-7-5-9(3)10(4)6-8(7)2;2*1-5-6(2)8(4)9-7(5)3/h5-16H,1-4H3;5-8H,1-4H3;2*5-10H,11H2,1-4H3;2*5-8H,1-4H3;5-6H,1-4H3;2*1-4H3. The molecule has 0 saturated carbocycles.